The number of nitrogens with two attached hydrogens (primary N) is 1. The van der Waals surface area contributed by atoms with E-state index in [0.717, 1.165) is 27.8 Å². The van der Waals surface area contributed by atoms with Crippen LogP contribution in [0.1, 0.15) is 5.56 Å². The molecule has 0 saturated carbocycles. The molecule has 0 aliphatic heterocycles. The Kier molecular flexibility index (Phi) is 2.22. The zero-order valence-corrected chi connectivity index (χ0v) is 10.0. The molecule has 0 aliphatic carbocycles. The van der Waals surface area contributed by atoms with Crippen LogP contribution in [0.2, 0.25) is 0 Å². The summed E-state index contributed by atoms with van der Waals surface area (Å²) in [4.78, 5) is 3.17. The molecule has 0 amide bonds. The van der Waals surface area contributed by atoms with E-state index in [0.29, 0.717) is 5.69 Å². The normalized spacial score (nSPS) is 11.0. The van der Waals surface area contributed by atoms with Gasteiger partial charge in [0.05, 0.1) is 12.6 Å². The minimum Gasteiger partial charge on any atom is -0.495 e. The molecule has 3 aromatic rings. The molecule has 3 rings (SSSR count). The first-order chi connectivity index (χ1) is 8.72. The van der Waals surface area contributed by atoms with Gasteiger partial charge < -0.3 is 15.5 Å². The summed E-state index contributed by atoms with van der Waals surface area (Å²) in [5.74, 6) is 1.05. The number of nitrogen functional groups attached to an aromatic ring is 1. The number of hydrogen-bond acceptors (Lipinski definition) is 5. The summed E-state index contributed by atoms with van der Waals surface area (Å²) < 4.78 is 9.97. The first-order valence-corrected chi connectivity index (χ1v) is 5.45. The monoisotopic (exact) mass is 244 g/mol. The van der Waals surface area contributed by atoms with Crippen molar-refractivity contribution in [2.75, 3.05) is 12.8 Å². The number of aromatic amines is 1. The number of nitrogens with zero attached hydrogens (tertiary/aromatic N) is 2. The largest absolute Gasteiger partial charge is 0.495 e. The fraction of sp³-hybridized carbons (Fsp3) is 0.167. The molecule has 92 valence electrons. The first kappa shape index (κ1) is 10.6. The van der Waals surface area contributed by atoms with E-state index in [-0.39, 0.29) is 5.82 Å². The topological polar surface area (TPSA) is 90.0 Å². The number of aryl methyl sites for hydroxylation is 1. The molecule has 2 heterocycles. The van der Waals surface area contributed by atoms with E-state index >= 15 is 0 Å². The zero-order chi connectivity index (χ0) is 12.7. The van der Waals surface area contributed by atoms with Crippen LogP contribution in [0, 0.1) is 6.92 Å². The van der Waals surface area contributed by atoms with Crippen LogP contribution < -0.4 is 10.5 Å². The number of benzene rings is 1. The Bertz CT molecular complexity index is 714. The van der Waals surface area contributed by atoms with Gasteiger partial charge in [0, 0.05) is 17.1 Å². The molecule has 0 spiro atoms. The number of H-pyrrole nitrogens is 1. The summed E-state index contributed by atoms with van der Waals surface area (Å²) in [7, 11) is 1.64. The second-order valence-electron chi connectivity index (χ2n) is 4.04. The van der Waals surface area contributed by atoms with E-state index in [9.17, 15) is 0 Å². The summed E-state index contributed by atoms with van der Waals surface area (Å²) in [6.45, 7) is 2.02. The molecule has 1 aromatic carbocycles. The second kappa shape index (κ2) is 3.76. The number of methoxy groups -OCH3 is 1. The fourth-order valence-electron chi connectivity index (χ4n) is 2.13. The first-order valence-electron chi connectivity index (χ1n) is 5.45. The van der Waals surface area contributed by atoms with Gasteiger partial charge in [0.15, 0.2) is 11.5 Å². The Morgan fingerprint density at radius 2 is 2.17 bits per heavy atom. The Labute approximate surface area is 103 Å². The van der Waals surface area contributed by atoms with Crippen LogP contribution in [0.5, 0.6) is 5.75 Å². The molecule has 6 nitrogen and oxygen atoms in total. The zero-order valence-electron chi connectivity index (χ0n) is 10.0. The van der Waals surface area contributed by atoms with Gasteiger partial charge in [0.2, 0.25) is 0 Å². The maximum atomic E-state index is 5.73. The van der Waals surface area contributed by atoms with Gasteiger partial charge in [-0.2, -0.15) is 0 Å². The molecule has 0 unspecified atom stereocenters. The van der Waals surface area contributed by atoms with E-state index in [1.807, 2.05) is 25.3 Å². The van der Waals surface area contributed by atoms with Crippen LogP contribution in [0.15, 0.2) is 23.0 Å². The van der Waals surface area contributed by atoms with Crippen LogP contribution in [-0.2, 0) is 0 Å². The van der Waals surface area contributed by atoms with Crippen LogP contribution in [0.4, 0.5) is 5.82 Å². The average molecular weight is 244 g/mol. The maximum Gasteiger partial charge on any atom is 0.196 e. The lowest BCUT2D eigenvalue weighted by atomic mass is 10.0. The number of ether oxygens (including phenoxy) is 1. The molecule has 2 aromatic heterocycles. The summed E-state index contributed by atoms with van der Waals surface area (Å²) in [5.41, 5.74) is 9.14. The predicted octanol–water partition coefficient (Wildman–Crippen LogP) is 2.12. The van der Waals surface area contributed by atoms with Crippen molar-refractivity contribution in [2.45, 2.75) is 6.92 Å². The third kappa shape index (κ3) is 1.35. The Morgan fingerprint density at radius 1 is 1.33 bits per heavy atom. The number of fused-ring (bicyclic) bond motifs is 1. The van der Waals surface area contributed by atoms with Crippen molar-refractivity contribution in [3.63, 3.8) is 0 Å². The molecular formula is C12H12N4O2. The number of nitrogens with one attached hydrogen (secondary N) is 1. The van der Waals surface area contributed by atoms with Gasteiger partial charge in [-0.1, -0.05) is 6.07 Å². The van der Waals surface area contributed by atoms with Gasteiger partial charge in [-0.05, 0) is 28.9 Å². The third-order valence-corrected chi connectivity index (χ3v) is 2.99. The van der Waals surface area contributed by atoms with E-state index in [4.69, 9.17) is 10.5 Å². The van der Waals surface area contributed by atoms with E-state index < -0.39 is 0 Å². The highest BCUT2D eigenvalue weighted by molar-refractivity contribution is 6.01. The van der Waals surface area contributed by atoms with Crippen LogP contribution in [0.25, 0.3) is 22.2 Å². The van der Waals surface area contributed by atoms with Gasteiger partial charge in [-0.25, -0.2) is 4.63 Å². The summed E-state index contributed by atoms with van der Waals surface area (Å²) in [6, 6.07) is 3.91. The molecule has 0 atom stereocenters. The van der Waals surface area contributed by atoms with E-state index in [1.165, 1.54) is 0 Å². The van der Waals surface area contributed by atoms with Crippen LogP contribution in [-0.4, -0.2) is 22.4 Å². The number of hydrogen-bond donors (Lipinski definition) is 2. The molecule has 18 heavy (non-hydrogen) atoms. The Balaban J connectivity index is 2.36. The van der Waals surface area contributed by atoms with Crippen molar-refractivity contribution in [1.29, 1.82) is 0 Å². The second-order valence-corrected chi connectivity index (χ2v) is 4.04. The van der Waals surface area contributed by atoms with Crippen LogP contribution in [0.3, 0.4) is 0 Å². The number of aromatic nitrogens is 3. The predicted molar refractivity (Wildman–Crippen MR) is 67.3 cm³/mol. The van der Waals surface area contributed by atoms with Crippen molar-refractivity contribution in [1.82, 2.24) is 15.3 Å². The highest BCUT2D eigenvalue weighted by atomic mass is 16.6. The van der Waals surface area contributed by atoms with Crippen molar-refractivity contribution < 1.29 is 9.37 Å². The van der Waals surface area contributed by atoms with Gasteiger partial charge in [-0.3, -0.25) is 0 Å². The van der Waals surface area contributed by atoms with E-state index in [1.54, 1.807) is 7.11 Å². The standard InChI is InChI=1S/C12H12N4O2/c1-6-3-4-8(17-2)11-9(6)7(5-14-11)10-12(13)16-18-15-10/h3-5,14H,1-2H3,(H2,13,16). The molecule has 0 aliphatic rings. The SMILES string of the molecule is COc1ccc(C)c2c(-c3nonc3N)c[nH]c12. The molecule has 6 heteroatoms. The fourth-order valence-corrected chi connectivity index (χ4v) is 2.13. The molecule has 0 saturated heterocycles. The van der Waals surface area contributed by atoms with Crippen molar-refractivity contribution in [3.8, 4) is 17.0 Å². The van der Waals surface area contributed by atoms with Crippen LogP contribution >= 0.6 is 0 Å². The lowest BCUT2D eigenvalue weighted by Crippen LogP contribution is -1.89. The Hall–Kier alpha value is -2.50. The van der Waals surface area contributed by atoms with Gasteiger partial charge in [-0.15, -0.1) is 0 Å². The lowest BCUT2D eigenvalue weighted by Gasteiger charge is -2.04. The summed E-state index contributed by atoms with van der Waals surface area (Å²) in [5, 5.41) is 8.44. The molecule has 0 radical (unpaired) electrons. The smallest absolute Gasteiger partial charge is 0.196 e. The van der Waals surface area contributed by atoms with Crippen molar-refractivity contribution in [3.05, 3.63) is 23.9 Å². The minimum absolute atomic E-state index is 0.276. The third-order valence-electron chi connectivity index (χ3n) is 2.99. The molecule has 3 N–H and O–H groups in total. The average Bonchev–Trinajstić information content (AvgIpc) is 2.96. The van der Waals surface area contributed by atoms with Gasteiger partial charge in [0.25, 0.3) is 0 Å². The molecular weight excluding hydrogens is 232 g/mol. The van der Waals surface area contributed by atoms with Gasteiger partial charge >= 0.3 is 0 Å². The van der Waals surface area contributed by atoms with Crippen molar-refractivity contribution >= 4 is 16.7 Å². The highest BCUT2D eigenvalue weighted by Crippen LogP contribution is 2.36. The number of rotatable bonds is 2. The lowest BCUT2D eigenvalue weighted by molar-refractivity contribution is 0.310. The van der Waals surface area contributed by atoms with Crippen molar-refractivity contribution in [2.24, 2.45) is 0 Å². The Morgan fingerprint density at radius 3 is 2.83 bits per heavy atom. The highest BCUT2D eigenvalue weighted by Gasteiger charge is 2.17. The summed E-state index contributed by atoms with van der Waals surface area (Å²) in [6.07, 6.45) is 1.83. The maximum absolute atomic E-state index is 5.73. The van der Waals surface area contributed by atoms with E-state index in [2.05, 4.69) is 19.9 Å². The van der Waals surface area contributed by atoms with Gasteiger partial charge in [0.1, 0.15) is 5.75 Å². The number of anilines is 1. The molecule has 0 fully saturated rings. The minimum atomic E-state index is 0.276. The summed E-state index contributed by atoms with van der Waals surface area (Å²) >= 11 is 0. The quantitative estimate of drug-likeness (QED) is 0.720. The molecule has 0 bridgehead atoms.